The van der Waals surface area contributed by atoms with Gasteiger partial charge < -0.3 is 10.2 Å². The van der Waals surface area contributed by atoms with Crippen LogP contribution in [0.1, 0.15) is 32.3 Å². The van der Waals surface area contributed by atoms with E-state index in [1.54, 1.807) is 18.2 Å². The molecule has 0 aliphatic rings. The Morgan fingerprint density at radius 1 is 1.08 bits per heavy atom. The number of carbonyl (C=O) groups is 2. The number of rotatable bonds is 5. The Hall–Kier alpha value is -2.04. The first-order valence-electron chi connectivity index (χ1n) is 7.92. The lowest BCUT2D eigenvalue weighted by molar-refractivity contribution is -0.120. The molecule has 0 aliphatic heterocycles. The molecule has 0 saturated heterocycles. The van der Waals surface area contributed by atoms with Crippen LogP contribution in [0.4, 0.5) is 11.4 Å². The number of amides is 2. The molecule has 25 heavy (non-hydrogen) atoms. The summed E-state index contributed by atoms with van der Waals surface area (Å²) in [7, 11) is 0. The molecule has 0 radical (unpaired) electrons. The van der Waals surface area contributed by atoms with Crippen molar-refractivity contribution >= 4 is 46.4 Å². The Morgan fingerprint density at radius 2 is 1.76 bits per heavy atom. The number of benzene rings is 2. The third-order valence-electron chi connectivity index (χ3n) is 3.76. The molecule has 132 valence electrons. The standard InChI is InChI=1S/C19H20Cl2N2O2/c1-12(2)14-7-4-5-9-16(14)22-18(25)11-23(13(3)24)17-10-6-8-15(20)19(17)21/h4-10,12H,11H2,1-3H3,(H,22,25). The minimum atomic E-state index is -0.306. The van der Waals surface area contributed by atoms with E-state index in [2.05, 4.69) is 19.2 Å². The Bertz CT molecular complexity index is 791. The van der Waals surface area contributed by atoms with Crippen LogP contribution in [0.2, 0.25) is 10.0 Å². The van der Waals surface area contributed by atoms with Crippen molar-refractivity contribution in [3.63, 3.8) is 0 Å². The number of carbonyl (C=O) groups excluding carboxylic acids is 2. The predicted molar refractivity (Wildman–Crippen MR) is 104 cm³/mol. The van der Waals surface area contributed by atoms with Crippen LogP contribution in [0.15, 0.2) is 42.5 Å². The average Bonchev–Trinajstić information content (AvgIpc) is 2.55. The van der Waals surface area contributed by atoms with Crippen LogP contribution in [-0.2, 0) is 9.59 Å². The maximum atomic E-state index is 12.5. The minimum absolute atomic E-state index is 0.151. The molecule has 1 N–H and O–H groups in total. The number of nitrogens with one attached hydrogen (secondary N) is 1. The first-order chi connectivity index (χ1) is 11.8. The summed E-state index contributed by atoms with van der Waals surface area (Å²) in [4.78, 5) is 25.8. The second-order valence-electron chi connectivity index (χ2n) is 5.97. The fraction of sp³-hybridized carbons (Fsp3) is 0.263. The molecule has 2 amide bonds. The van der Waals surface area contributed by atoms with Crippen molar-refractivity contribution in [3.05, 3.63) is 58.1 Å². The van der Waals surface area contributed by atoms with Crippen LogP contribution in [-0.4, -0.2) is 18.4 Å². The van der Waals surface area contributed by atoms with E-state index in [4.69, 9.17) is 23.2 Å². The molecule has 0 heterocycles. The summed E-state index contributed by atoms with van der Waals surface area (Å²) in [5, 5.41) is 3.45. The van der Waals surface area contributed by atoms with Gasteiger partial charge in [0.25, 0.3) is 0 Å². The van der Waals surface area contributed by atoms with Crippen LogP contribution < -0.4 is 10.2 Å². The molecule has 0 saturated carbocycles. The van der Waals surface area contributed by atoms with E-state index in [0.29, 0.717) is 10.7 Å². The number of para-hydroxylation sites is 1. The number of hydrogen-bond donors (Lipinski definition) is 1. The lowest BCUT2D eigenvalue weighted by atomic mass is 10.0. The van der Waals surface area contributed by atoms with Gasteiger partial charge in [-0.3, -0.25) is 9.59 Å². The van der Waals surface area contributed by atoms with Crippen LogP contribution in [0.3, 0.4) is 0 Å². The highest BCUT2D eigenvalue weighted by Crippen LogP contribution is 2.32. The van der Waals surface area contributed by atoms with E-state index in [-0.39, 0.29) is 29.3 Å². The van der Waals surface area contributed by atoms with E-state index in [0.717, 1.165) is 11.3 Å². The van der Waals surface area contributed by atoms with Crippen molar-refractivity contribution in [3.8, 4) is 0 Å². The van der Waals surface area contributed by atoms with Gasteiger partial charge in [0.1, 0.15) is 6.54 Å². The predicted octanol–water partition coefficient (Wildman–Crippen LogP) is 5.11. The molecule has 6 heteroatoms. The monoisotopic (exact) mass is 378 g/mol. The highest BCUT2D eigenvalue weighted by Gasteiger charge is 2.20. The number of anilines is 2. The summed E-state index contributed by atoms with van der Waals surface area (Å²) in [6.07, 6.45) is 0. The van der Waals surface area contributed by atoms with E-state index >= 15 is 0 Å². The second-order valence-corrected chi connectivity index (χ2v) is 6.75. The van der Waals surface area contributed by atoms with E-state index in [1.165, 1.54) is 11.8 Å². The molecular formula is C19H20Cl2N2O2. The van der Waals surface area contributed by atoms with Gasteiger partial charge in [0, 0.05) is 12.6 Å². The smallest absolute Gasteiger partial charge is 0.244 e. The Balaban J connectivity index is 2.22. The van der Waals surface area contributed by atoms with Crippen molar-refractivity contribution in [2.75, 3.05) is 16.8 Å². The van der Waals surface area contributed by atoms with Crippen molar-refractivity contribution in [2.24, 2.45) is 0 Å². The zero-order valence-electron chi connectivity index (χ0n) is 14.3. The van der Waals surface area contributed by atoms with E-state index in [9.17, 15) is 9.59 Å². The van der Waals surface area contributed by atoms with Gasteiger partial charge in [-0.15, -0.1) is 0 Å². The molecule has 2 aromatic rings. The van der Waals surface area contributed by atoms with Gasteiger partial charge in [0.15, 0.2) is 0 Å². The lowest BCUT2D eigenvalue weighted by Gasteiger charge is -2.23. The first kappa shape index (κ1) is 19.3. The Labute approximate surface area is 157 Å². The molecule has 2 rings (SSSR count). The third-order valence-corrected chi connectivity index (χ3v) is 4.57. The molecule has 0 atom stereocenters. The van der Waals surface area contributed by atoms with Gasteiger partial charge in [0.05, 0.1) is 15.7 Å². The molecule has 0 spiro atoms. The Morgan fingerprint density at radius 3 is 2.40 bits per heavy atom. The third kappa shape index (κ3) is 4.74. The summed E-state index contributed by atoms with van der Waals surface area (Å²) in [5.74, 6) is -0.335. The van der Waals surface area contributed by atoms with Crippen molar-refractivity contribution in [2.45, 2.75) is 26.7 Å². The van der Waals surface area contributed by atoms with E-state index < -0.39 is 0 Å². The Kier molecular flexibility index (Phi) is 6.45. The summed E-state index contributed by atoms with van der Waals surface area (Å²) in [6.45, 7) is 5.34. The van der Waals surface area contributed by atoms with Crippen LogP contribution in [0.5, 0.6) is 0 Å². The van der Waals surface area contributed by atoms with Crippen molar-refractivity contribution in [1.29, 1.82) is 0 Å². The zero-order valence-corrected chi connectivity index (χ0v) is 15.9. The molecule has 4 nitrogen and oxygen atoms in total. The van der Waals surface area contributed by atoms with Gasteiger partial charge in [-0.1, -0.05) is 61.3 Å². The van der Waals surface area contributed by atoms with E-state index in [1.807, 2.05) is 24.3 Å². The molecule has 0 bridgehead atoms. The van der Waals surface area contributed by atoms with Gasteiger partial charge >= 0.3 is 0 Å². The highest BCUT2D eigenvalue weighted by atomic mass is 35.5. The van der Waals surface area contributed by atoms with Crippen molar-refractivity contribution in [1.82, 2.24) is 0 Å². The second kappa shape index (κ2) is 8.37. The molecule has 2 aromatic carbocycles. The molecule has 0 unspecified atom stereocenters. The number of halogens is 2. The van der Waals surface area contributed by atoms with Gasteiger partial charge in [-0.05, 0) is 29.7 Å². The quantitative estimate of drug-likeness (QED) is 0.785. The highest BCUT2D eigenvalue weighted by molar-refractivity contribution is 6.44. The van der Waals surface area contributed by atoms with Gasteiger partial charge in [0.2, 0.25) is 11.8 Å². The SMILES string of the molecule is CC(=O)N(CC(=O)Nc1ccccc1C(C)C)c1cccc(Cl)c1Cl. The molecule has 0 aromatic heterocycles. The van der Waals surface area contributed by atoms with Gasteiger partial charge in [-0.2, -0.15) is 0 Å². The van der Waals surface area contributed by atoms with Crippen LogP contribution in [0, 0.1) is 0 Å². The summed E-state index contributed by atoms with van der Waals surface area (Å²) >= 11 is 12.2. The molecular weight excluding hydrogens is 359 g/mol. The summed E-state index contributed by atoms with van der Waals surface area (Å²) in [6, 6.07) is 12.6. The number of nitrogens with zero attached hydrogens (tertiary/aromatic N) is 1. The summed E-state index contributed by atoms with van der Waals surface area (Å²) in [5.41, 5.74) is 2.18. The topological polar surface area (TPSA) is 49.4 Å². The molecule has 0 fully saturated rings. The first-order valence-corrected chi connectivity index (χ1v) is 8.67. The minimum Gasteiger partial charge on any atom is -0.324 e. The van der Waals surface area contributed by atoms with Crippen molar-refractivity contribution < 1.29 is 9.59 Å². The van der Waals surface area contributed by atoms with Crippen LogP contribution in [0.25, 0.3) is 0 Å². The lowest BCUT2D eigenvalue weighted by Crippen LogP contribution is -2.37. The average molecular weight is 379 g/mol. The molecule has 0 aliphatic carbocycles. The largest absolute Gasteiger partial charge is 0.324 e. The maximum Gasteiger partial charge on any atom is 0.244 e. The maximum absolute atomic E-state index is 12.5. The normalized spacial score (nSPS) is 10.6. The number of hydrogen-bond acceptors (Lipinski definition) is 2. The fourth-order valence-corrected chi connectivity index (χ4v) is 2.91. The summed E-state index contributed by atoms with van der Waals surface area (Å²) < 4.78 is 0. The zero-order chi connectivity index (χ0) is 18.6. The van der Waals surface area contributed by atoms with Gasteiger partial charge in [-0.25, -0.2) is 0 Å². The van der Waals surface area contributed by atoms with Crippen LogP contribution >= 0.6 is 23.2 Å². The fourth-order valence-electron chi connectivity index (χ4n) is 2.51.